The predicted octanol–water partition coefficient (Wildman–Crippen LogP) is 2.33. The highest BCUT2D eigenvalue weighted by molar-refractivity contribution is 7.11. The van der Waals surface area contributed by atoms with Crippen LogP contribution in [-0.4, -0.2) is 49.4 Å². The van der Waals surface area contributed by atoms with Gasteiger partial charge in [-0.1, -0.05) is 6.92 Å². The Morgan fingerprint density at radius 3 is 3.16 bits per heavy atom. The molecule has 2 heterocycles. The molecule has 0 radical (unpaired) electrons. The third kappa shape index (κ3) is 5.18. The van der Waals surface area contributed by atoms with Crippen molar-refractivity contribution in [1.29, 1.82) is 0 Å². The zero-order valence-corrected chi connectivity index (χ0v) is 12.7. The predicted molar refractivity (Wildman–Crippen MR) is 77.6 cm³/mol. The van der Waals surface area contributed by atoms with E-state index in [-0.39, 0.29) is 0 Å². The Morgan fingerprint density at radius 1 is 1.58 bits per heavy atom. The van der Waals surface area contributed by atoms with Crippen molar-refractivity contribution in [3.05, 3.63) is 16.1 Å². The van der Waals surface area contributed by atoms with Gasteiger partial charge in [0.15, 0.2) is 0 Å². The topological polar surface area (TPSA) is 34.6 Å². The largest absolute Gasteiger partial charge is 0.377 e. The van der Waals surface area contributed by atoms with Crippen molar-refractivity contribution in [2.75, 3.05) is 33.4 Å². The maximum atomic E-state index is 5.67. The molecule has 1 atom stereocenters. The fraction of sp³-hybridized carbons (Fsp3) is 0.786. The Balaban J connectivity index is 1.57. The van der Waals surface area contributed by atoms with Gasteiger partial charge in [0.2, 0.25) is 0 Å². The first-order chi connectivity index (χ1) is 9.28. The lowest BCUT2D eigenvalue weighted by Crippen LogP contribution is -2.24. The first kappa shape index (κ1) is 14.9. The van der Waals surface area contributed by atoms with Crippen LogP contribution in [0.2, 0.25) is 0 Å². The number of aromatic nitrogens is 1. The van der Waals surface area contributed by atoms with Crippen LogP contribution < -0.4 is 0 Å². The molecular formula is C14H24N2O2S. The molecule has 5 heteroatoms. The van der Waals surface area contributed by atoms with E-state index in [9.17, 15) is 0 Å². The summed E-state index contributed by atoms with van der Waals surface area (Å²) in [6.07, 6.45) is 5.68. The molecule has 0 aromatic carbocycles. The molecule has 1 fully saturated rings. The molecule has 1 saturated heterocycles. The minimum absolute atomic E-state index is 0.332. The fourth-order valence-electron chi connectivity index (χ4n) is 2.14. The van der Waals surface area contributed by atoms with Crippen LogP contribution in [0.3, 0.4) is 0 Å². The lowest BCUT2D eigenvalue weighted by Gasteiger charge is -2.16. The van der Waals surface area contributed by atoms with Crippen LogP contribution in [0.4, 0.5) is 0 Å². The SMILES string of the molecule is CCc1ncc(CN(C)CCOC[C@H]2CCCO2)s1. The molecule has 1 aromatic rings. The van der Waals surface area contributed by atoms with Crippen molar-refractivity contribution in [3.63, 3.8) is 0 Å². The van der Waals surface area contributed by atoms with Gasteiger partial charge in [0.1, 0.15) is 0 Å². The Hall–Kier alpha value is -0.490. The van der Waals surface area contributed by atoms with Crippen LogP contribution in [0.15, 0.2) is 6.20 Å². The Morgan fingerprint density at radius 2 is 2.47 bits per heavy atom. The van der Waals surface area contributed by atoms with E-state index in [0.29, 0.717) is 6.10 Å². The summed E-state index contributed by atoms with van der Waals surface area (Å²) in [4.78, 5) is 7.99. The van der Waals surface area contributed by atoms with Gasteiger partial charge in [-0.15, -0.1) is 11.3 Å². The zero-order chi connectivity index (χ0) is 13.5. The van der Waals surface area contributed by atoms with Gasteiger partial charge >= 0.3 is 0 Å². The van der Waals surface area contributed by atoms with Gasteiger partial charge in [-0.25, -0.2) is 4.98 Å². The second kappa shape index (κ2) is 7.94. The third-order valence-electron chi connectivity index (χ3n) is 3.27. The molecule has 0 bridgehead atoms. The Kier molecular flexibility index (Phi) is 6.23. The Bertz CT molecular complexity index is 364. The summed E-state index contributed by atoms with van der Waals surface area (Å²) in [6.45, 7) is 6.47. The molecule has 1 aliphatic rings. The summed E-state index contributed by atoms with van der Waals surface area (Å²) in [5.41, 5.74) is 0. The molecular weight excluding hydrogens is 260 g/mol. The van der Waals surface area contributed by atoms with Crippen molar-refractivity contribution in [3.8, 4) is 0 Å². The minimum atomic E-state index is 0.332. The second-order valence-corrected chi connectivity index (χ2v) is 6.22. The second-order valence-electron chi connectivity index (χ2n) is 5.02. The molecule has 1 aromatic heterocycles. The van der Waals surface area contributed by atoms with Crippen LogP contribution in [0.25, 0.3) is 0 Å². The van der Waals surface area contributed by atoms with Crippen LogP contribution in [-0.2, 0) is 22.4 Å². The van der Waals surface area contributed by atoms with E-state index in [1.54, 1.807) is 0 Å². The van der Waals surface area contributed by atoms with E-state index >= 15 is 0 Å². The number of rotatable bonds is 8. The number of likely N-dealkylation sites (N-methyl/N-ethyl adjacent to an activating group) is 1. The number of aryl methyl sites for hydroxylation is 1. The quantitative estimate of drug-likeness (QED) is 0.686. The smallest absolute Gasteiger partial charge is 0.0925 e. The lowest BCUT2D eigenvalue weighted by molar-refractivity contribution is 0.0117. The highest BCUT2D eigenvalue weighted by atomic mass is 32.1. The molecule has 0 aliphatic carbocycles. The maximum Gasteiger partial charge on any atom is 0.0925 e. The van der Waals surface area contributed by atoms with Crippen molar-refractivity contribution in [1.82, 2.24) is 9.88 Å². The van der Waals surface area contributed by atoms with Gasteiger partial charge in [-0.2, -0.15) is 0 Å². The van der Waals surface area contributed by atoms with Crippen LogP contribution in [0.1, 0.15) is 29.7 Å². The maximum absolute atomic E-state index is 5.67. The van der Waals surface area contributed by atoms with E-state index in [2.05, 4.69) is 23.9 Å². The number of ether oxygens (including phenoxy) is 2. The highest BCUT2D eigenvalue weighted by Crippen LogP contribution is 2.15. The van der Waals surface area contributed by atoms with E-state index in [0.717, 1.165) is 45.8 Å². The van der Waals surface area contributed by atoms with Gasteiger partial charge in [0, 0.05) is 30.8 Å². The highest BCUT2D eigenvalue weighted by Gasteiger charge is 2.15. The third-order valence-corrected chi connectivity index (χ3v) is 4.40. The van der Waals surface area contributed by atoms with Crippen molar-refractivity contribution in [2.24, 2.45) is 0 Å². The molecule has 19 heavy (non-hydrogen) atoms. The van der Waals surface area contributed by atoms with Crippen molar-refractivity contribution < 1.29 is 9.47 Å². The summed E-state index contributed by atoms with van der Waals surface area (Å²) in [7, 11) is 2.13. The number of hydrogen-bond donors (Lipinski definition) is 0. The van der Waals surface area contributed by atoms with E-state index in [4.69, 9.17) is 9.47 Å². The minimum Gasteiger partial charge on any atom is -0.377 e. The summed E-state index contributed by atoms with van der Waals surface area (Å²) < 4.78 is 11.2. The molecule has 4 nitrogen and oxygen atoms in total. The first-order valence-corrected chi connectivity index (χ1v) is 7.91. The molecule has 108 valence electrons. The zero-order valence-electron chi connectivity index (χ0n) is 11.9. The van der Waals surface area contributed by atoms with Gasteiger partial charge in [-0.05, 0) is 26.3 Å². The molecule has 1 aliphatic heterocycles. The summed E-state index contributed by atoms with van der Waals surface area (Å²) >= 11 is 1.81. The first-order valence-electron chi connectivity index (χ1n) is 7.09. The van der Waals surface area contributed by atoms with Crippen LogP contribution >= 0.6 is 11.3 Å². The van der Waals surface area contributed by atoms with Crippen LogP contribution in [0, 0.1) is 0 Å². The van der Waals surface area contributed by atoms with Crippen LogP contribution in [0.5, 0.6) is 0 Å². The van der Waals surface area contributed by atoms with E-state index in [1.165, 1.54) is 16.3 Å². The summed E-state index contributed by atoms with van der Waals surface area (Å²) in [5.74, 6) is 0. The number of thiazole rings is 1. The van der Waals surface area contributed by atoms with E-state index in [1.807, 2.05) is 17.5 Å². The Labute approximate surface area is 119 Å². The normalized spacial score (nSPS) is 19.4. The molecule has 0 saturated carbocycles. The monoisotopic (exact) mass is 284 g/mol. The van der Waals surface area contributed by atoms with Crippen molar-refractivity contribution >= 4 is 11.3 Å². The van der Waals surface area contributed by atoms with E-state index < -0.39 is 0 Å². The standard InChI is InChI=1S/C14H24N2O2S/c1-3-14-15-9-13(19-14)10-16(2)6-8-17-11-12-5-4-7-18-12/h9,12H,3-8,10-11H2,1-2H3/t12-/m1/s1. The molecule has 0 unspecified atom stereocenters. The molecule has 0 spiro atoms. The van der Waals surface area contributed by atoms with Crippen molar-refractivity contribution in [2.45, 2.75) is 38.8 Å². The molecule has 0 N–H and O–H groups in total. The number of nitrogens with zero attached hydrogens (tertiary/aromatic N) is 2. The fourth-order valence-corrected chi connectivity index (χ4v) is 3.08. The van der Waals surface area contributed by atoms with Gasteiger partial charge < -0.3 is 9.47 Å². The lowest BCUT2D eigenvalue weighted by atomic mass is 10.2. The summed E-state index contributed by atoms with van der Waals surface area (Å²) in [5, 5.41) is 1.22. The average Bonchev–Trinajstić information content (AvgIpc) is 3.05. The summed E-state index contributed by atoms with van der Waals surface area (Å²) in [6, 6.07) is 0. The molecule has 2 rings (SSSR count). The molecule has 0 amide bonds. The number of hydrogen-bond acceptors (Lipinski definition) is 5. The van der Waals surface area contributed by atoms with Gasteiger partial charge in [-0.3, -0.25) is 4.90 Å². The van der Waals surface area contributed by atoms with Gasteiger partial charge in [0.05, 0.1) is 24.3 Å². The average molecular weight is 284 g/mol. The van der Waals surface area contributed by atoms with Gasteiger partial charge in [0.25, 0.3) is 0 Å².